The number of carboxylic acid groups (broad SMARTS) is 3. The van der Waals surface area contributed by atoms with E-state index in [0.717, 1.165) is 0 Å². The minimum Gasteiger partial charge on any atom is -0.543 e. The molecule has 0 spiro atoms. The molecule has 0 atom stereocenters. The van der Waals surface area contributed by atoms with Crippen LogP contribution in [0.3, 0.4) is 0 Å². The third kappa shape index (κ3) is 24.5. The first-order valence-electron chi connectivity index (χ1n) is 5.92. The number of oxime groups is 3. The van der Waals surface area contributed by atoms with Gasteiger partial charge < -0.3 is 44.2 Å². The van der Waals surface area contributed by atoms with E-state index in [1.54, 1.807) is 0 Å². The molecular formula is C12H18N3NdO9. The van der Waals surface area contributed by atoms with Crippen molar-refractivity contribution in [1.82, 2.24) is 0 Å². The first-order chi connectivity index (χ1) is 11.0. The molecule has 0 aromatic heterocycles. The van der Waals surface area contributed by atoms with Crippen molar-refractivity contribution in [3.05, 3.63) is 0 Å². The van der Waals surface area contributed by atoms with Crippen LogP contribution in [0.5, 0.6) is 0 Å². The number of carbonyl (C=O) groups excluding carboxylic acids is 3. The Balaban J connectivity index is -0.000000130. The Labute approximate surface area is 177 Å². The van der Waals surface area contributed by atoms with Crippen LogP contribution in [0.15, 0.2) is 15.5 Å². The molecule has 13 heteroatoms. The van der Waals surface area contributed by atoms with Gasteiger partial charge in [0.2, 0.25) is 0 Å². The number of carbonyl (C=O) groups is 3. The van der Waals surface area contributed by atoms with Gasteiger partial charge in [0.1, 0.15) is 21.3 Å². The van der Waals surface area contributed by atoms with Crippen LogP contribution in [0.25, 0.3) is 0 Å². The van der Waals surface area contributed by atoms with Crippen LogP contribution in [0, 0.1) is 40.8 Å². The van der Waals surface area contributed by atoms with E-state index in [-0.39, 0.29) is 58.0 Å². The zero-order chi connectivity index (χ0) is 19.7. The van der Waals surface area contributed by atoms with Crippen LogP contribution in [0.1, 0.15) is 20.8 Å². The van der Waals surface area contributed by atoms with Crippen molar-refractivity contribution < 1.29 is 85.1 Å². The van der Waals surface area contributed by atoms with Crippen LogP contribution in [-0.2, 0) is 28.9 Å². The maximum Gasteiger partial charge on any atom is 3.00 e. The SMILES string of the molecule is CON=C(C)C(=O)[O-].CON=C(C)C(=O)[O-].CON=C(C)C(=O)[O-].[Nd+3]. The molecule has 12 nitrogen and oxygen atoms in total. The number of hydrogen-bond donors (Lipinski definition) is 0. The van der Waals surface area contributed by atoms with E-state index in [1.165, 1.54) is 42.1 Å². The molecule has 0 bridgehead atoms. The zero-order valence-electron chi connectivity index (χ0n) is 14.5. The molecule has 0 aliphatic heterocycles. The summed E-state index contributed by atoms with van der Waals surface area (Å²) in [5, 5.41) is 38.5. The predicted molar refractivity (Wildman–Crippen MR) is 75.4 cm³/mol. The van der Waals surface area contributed by atoms with E-state index in [9.17, 15) is 29.7 Å². The van der Waals surface area contributed by atoms with Crippen LogP contribution in [0.4, 0.5) is 0 Å². The van der Waals surface area contributed by atoms with Gasteiger partial charge in [-0.2, -0.15) is 0 Å². The Morgan fingerprint density at radius 1 is 0.600 bits per heavy atom. The van der Waals surface area contributed by atoms with Gasteiger partial charge in [0, 0.05) is 0 Å². The number of rotatable bonds is 6. The van der Waals surface area contributed by atoms with Crippen LogP contribution >= 0.6 is 0 Å². The van der Waals surface area contributed by atoms with Crippen molar-refractivity contribution in [3.63, 3.8) is 0 Å². The largest absolute Gasteiger partial charge is 3.00 e. The molecule has 0 aliphatic carbocycles. The molecule has 0 aliphatic rings. The first kappa shape index (κ1) is 31.0. The van der Waals surface area contributed by atoms with Crippen molar-refractivity contribution in [2.75, 3.05) is 21.3 Å². The average Bonchev–Trinajstić information content (AvgIpc) is 2.49. The first-order valence-corrected chi connectivity index (χ1v) is 5.92. The van der Waals surface area contributed by atoms with Gasteiger partial charge in [0.25, 0.3) is 0 Å². The predicted octanol–water partition coefficient (Wildman–Crippen LogP) is -3.72. The Kier molecular flexibility index (Phi) is 25.1. The van der Waals surface area contributed by atoms with Crippen LogP contribution in [0.2, 0.25) is 0 Å². The van der Waals surface area contributed by atoms with E-state index in [1.807, 2.05) is 0 Å². The summed E-state index contributed by atoms with van der Waals surface area (Å²) < 4.78 is 0. The topological polar surface area (TPSA) is 185 Å². The summed E-state index contributed by atoms with van der Waals surface area (Å²) >= 11 is 0. The van der Waals surface area contributed by atoms with Gasteiger partial charge in [0.15, 0.2) is 0 Å². The fraction of sp³-hybridized carbons (Fsp3) is 0.500. The molecule has 25 heavy (non-hydrogen) atoms. The van der Waals surface area contributed by atoms with Gasteiger partial charge in [-0.15, -0.1) is 0 Å². The van der Waals surface area contributed by atoms with Gasteiger partial charge in [-0.3, -0.25) is 0 Å². The standard InChI is InChI=1S/3C4H7NO3.Nd/c3*1-3(4(6)7)5-8-2;/h3*1-2H3,(H,6,7);/q;;;+3/p-3. The van der Waals surface area contributed by atoms with E-state index in [4.69, 9.17) is 0 Å². The minimum absolute atomic E-state index is 0. The van der Waals surface area contributed by atoms with E-state index in [2.05, 4.69) is 30.0 Å². The molecular weight excluding hydrogens is 474 g/mol. The Hall–Kier alpha value is -1.83. The monoisotopic (exact) mass is 490 g/mol. The number of carboxylic acids is 3. The number of nitrogens with zero attached hydrogens (tertiary/aromatic N) is 3. The third-order valence-corrected chi connectivity index (χ3v) is 1.57. The minimum atomic E-state index is -1.31. The van der Waals surface area contributed by atoms with Gasteiger partial charge in [0.05, 0.1) is 35.0 Å². The molecule has 0 fully saturated rings. The molecule has 0 N–H and O–H groups in total. The Morgan fingerprint density at radius 3 is 0.800 bits per heavy atom. The quantitative estimate of drug-likeness (QED) is 0.265. The average molecular weight is 493 g/mol. The molecule has 0 amide bonds. The fourth-order valence-corrected chi connectivity index (χ4v) is 0.523. The van der Waals surface area contributed by atoms with Crippen molar-refractivity contribution in [1.29, 1.82) is 0 Å². The van der Waals surface area contributed by atoms with Crippen LogP contribution < -0.4 is 15.3 Å². The summed E-state index contributed by atoms with van der Waals surface area (Å²) in [6.07, 6.45) is 0. The van der Waals surface area contributed by atoms with Gasteiger partial charge >= 0.3 is 40.8 Å². The normalized spacial score (nSPS) is 10.6. The second kappa shape index (κ2) is 20.2. The van der Waals surface area contributed by atoms with E-state index >= 15 is 0 Å². The van der Waals surface area contributed by atoms with Crippen molar-refractivity contribution in [2.45, 2.75) is 20.8 Å². The molecule has 0 heterocycles. The molecule has 0 rings (SSSR count). The summed E-state index contributed by atoms with van der Waals surface area (Å²) in [6.45, 7) is 3.87. The molecule has 0 aromatic carbocycles. The van der Waals surface area contributed by atoms with Gasteiger partial charge in [-0.25, -0.2) is 0 Å². The van der Waals surface area contributed by atoms with Gasteiger partial charge in [-0.1, -0.05) is 15.5 Å². The smallest absolute Gasteiger partial charge is 0.543 e. The Morgan fingerprint density at radius 2 is 0.760 bits per heavy atom. The van der Waals surface area contributed by atoms with Crippen molar-refractivity contribution in [2.24, 2.45) is 15.5 Å². The van der Waals surface area contributed by atoms with Crippen molar-refractivity contribution >= 4 is 35.0 Å². The molecule has 139 valence electrons. The van der Waals surface area contributed by atoms with Crippen molar-refractivity contribution in [3.8, 4) is 0 Å². The maximum atomic E-state index is 9.77. The molecule has 0 unspecified atom stereocenters. The van der Waals surface area contributed by atoms with Gasteiger partial charge in [-0.05, 0) is 20.8 Å². The number of hydrogen-bond acceptors (Lipinski definition) is 12. The summed E-state index contributed by atoms with van der Waals surface area (Å²) in [7, 11) is 3.81. The fourth-order valence-electron chi connectivity index (χ4n) is 0.523. The second-order valence-corrected chi connectivity index (χ2v) is 3.44. The summed E-state index contributed by atoms with van der Waals surface area (Å²) in [4.78, 5) is 41.7. The molecule has 0 aromatic rings. The molecule has 0 saturated carbocycles. The maximum absolute atomic E-state index is 9.77. The zero-order valence-corrected chi connectivity index (χ0v) is 17.7. The second-order valence-electron chi connectivity index (χ2n) is 3.44. The summed E-state index contributed by atoms with van der Waals surface area (Å²) in [5.74, 6) is -3.94. The molecule has 0 saturated heterocycles. The third-order valence-electron chi connectivity index (χ3n) is 1.57. The Bertz CT molecular complexity index is 433. The van der Waals surface area contributed by atoms with E-state index in [0.29, 0.717) is 0 Å². The summed E-state index contributed by atoms with van der Waals surface area (Å²) in [5.41, 5.74) is -0.479. The molecule has 1 radical (unpaired) electrons. The van der Waals surface area contributed by atoms with E-state index < -0.39 is 17.9 Å². The summed E-state index contributed by atoms with van der Waals surface area (Å²) in [6, 6.07) is 0. The number of aliphatic carboxylic acids is 3. The van der Waals surface area contributed by atoms with Crippen LogP contribution in [-0.4, -0.2) is 56.4 Å².